The second kappa shape index (κ2) is 8.88. The lowest BCUT2D eigenvalue weighted by Gasteiger charge is -2.20. The average Bonchev–Trinajstić information content (AvgIpc) is 3.27. The number of hydrogen-bond acceptors (Lipinski definition) is 3. The Morgan fingerprint density at radius 2 is 2.22 bits per heavy atom. The molecule has 7 nitrogen and oxygen atoms in total. The fourth-order valence-electron chi connectivity index (χ4n) is 3.35. The van der Waals surface area contributed by atoms with Gasteiger partial charge in [0, 0.05) is 44.6 Å². The maximum Gasteiger partial charge on any atom is 0.225 e. The molecule has 1 aromatic heterocycles. The summed E-state index contributed by atoms with van der Waals surface area (Å²) < 4.78 is 0. The number of aliphatic imine (C=N–C) groups is 1. The molecule has 1 atom stereocenters. The van der Waals surface area contributed by atoms with Crippen molar-refractivity contribution in [3.05, 3.63) is 30.1 Å². The van der Waals surface area contributed by atoms with Crippen molar-refractivity contribution in [3.8, 4) is 0 Å². The van der Waals surface area contributed by atoms with Gasteiger partial charge in [-0.05, 0) is 25.5 Å². The average molecular weight is 371 g/mol. The number of H-pyrrole nitrogens is 1. The molecule has 0 saturated carbocycles. The molecule has 0 spiro atoms. The topological polar surface area (TPSA) is 85.4 Å². The van der Waals surface area contributed by atoms with Crippen molar-refractivity contribution in [1.82, 2.24) is 25.5 Å². The number of aromatic amines is 1. The van der Waals surface area contributed by atoms with Crippen LogP contribution in [-0.2, 0) is 11.2 Å². The summed E-state index contributed by atoms with van der Waals surface area (Å²) in [5.41, 5.74) is 2.05. The number of guanidine groups is 1. The maximum atomic E-state index is 12.1. The molecule has 1 aromatic carbocycles. The van der Waals surface area contributed by atoms with Crippen LogP contribution < -0.4 is 10.6 Å². The van der Waals surface area contributed by atoms with Gasteiger partial charge in [0.2, 0.25) is 5.91 Å². The van der Waals surface area contributed by atoms with E-state index in [1.54, 1.807) is 0 Å². The number of nitrogens with one attached hydrogen (secondary N) is 3. The highest BCUT2D eigenvalue weighted by Gasteiger charge is 2.27. The van der Waals surface area contributed by atoms with Crippen molar-refractivity contribution in [3.63, 3.8) is 0 Å². The summed E-state index contributed by atoms with van der Waals surface area (Å²) in [6.45, 7) is 8.96. The number of amides is 1. The lowest BCUT2D eigenvalue weighted by molar-refractivity contribution is -0.133. The molecule has 2 aromatic rings. The van der Waals surface area contributed by atoms with Gasteiger partial charge in [0.15, 0.2) is 5.96 Å². The minimum atomic E-state index is 0.0504. The Bertz CT molecular complexity index is 764. The SMILES string of the molecule is CCNC(=NCCc1nc2ccccc2[nH]1)NC1CCN(C(=O)C(C)C)C1. The van der Waals surface area contributed by atoms with E-state index in [0.29, 0.717) is 6.54 Å². The number of likely N-dealkylation sites (tertiary alicyclic amines) is 1. The Hall–Kier alpha value is -2.57. The molecule has 0 aliphatic carbocycles. The standard InChI is InChI=1S/C20H30N6O/c1-4-21-20(23-15-10-12-26(13-15)19(27)14(2)3)22-11-9-18-24-16-7-5-6-8-17(16)25-18/h5-8,14-15H,4,9-13H2,1-3H3,(H,24,25)(H2,21,22,23). The maximum absolute atomic E-state index is 12.1. The first kappa shape index (κ1) is 19.2. The van der Waals surface area contributed by atoms with E-state index in [0.717, 1.165) is 55.3 Å². The zero-order valence-corrected chi connectivity index (χ0v) is 16.5. The molecule has 7 heteroatoms. The molecule has 146 valence electrons. The van der Waals surface area contributed by atoms with E-state index >= 15 is 0 Å². The van der Waals surface area contributed by atoms with E-state index in [-0.39, 0.29) is 17.9 Å². The predicted octanol–water partition coefficient (Wildman–Crippen LogP) is 1.92. The lowest BCUT2D eigenvalue weighted by atomic mass is 10.2. The Labute approximate surface area is 160 Å². The molecule has 1 amide bonds. The van der Waals surface area contributed by atoms with Gasteiger partial charge < -0.3 is 20.5 Å². The number of nitrogens with zero attached hydrogens (tertiary/aromatic N) is 3. The normalized spacial score (nSPS) is 17.7. The zero-order chi connectivity index (χ0) is 19.2. The van der Waals surface area contributed by atoms with Gasteiger partial charge in [0.25, 0.3) is 0 Å². The van der Waals surface area contributed by atoms with Gasteiger partial charge in [-0.25, -0.2) is 4.98 Å². The number of carbonyl (C=O) groups is 1. The molecule has 1 fully saturated rings. The Kier molecular flexibility index (Phi) is 6.32. The molecule has 2 heterocycles. The van der Waals surface area contributed by atoms with Crippen LogP contribution in [0.4, 0.5) is 0 Å². The van der Waals surface area contributed by atoms with Crippen LogP contribution in [0.15, 0.2) is 29.3 Å². The number of aromatic nitrogens is 2. The van der Waals surface area contributed by atoms with Crippen molar-refractivity contribution in [2.45, 2.75) is 39.7 Å². The first-order chi connectivity index (χ1) is 13.1. The van der Waals surface area contributed by atoms with E-state index in [1.807, 2.05) is 43.0 Å². The number of rotatable bonds is 6. The summed E-state index contributed by atoms with van der Waals surface area (Å²) >= 11 is 0. The van der Waals surface area contributed by atoms with Crippen LogP contribution in [0.5, 0.6) is 0 Å². The molecule has 0 radical (unpaired) electrons. The third kappa shape index (κ3) is 4.99. The van der Waals surface area contributed by atoms with E-state index < -0.39 is 0 Å². The quantitative estimate of drug-likeness (QED) is 0.536. The van der Waals surface area contributed by atoms with E-state index in [2.05, 4.69) is 32.5 Å². The zero-order valence-electron chi connectivity index (χ0n) is 16.5. The van der Waals surface area contributed by atoms with Gasteiger partial charge in [-0.2, -0.15) is 0 Å². The molecular weight excluding hydrogens is 340 g/mol. The number of para-hydroxylation sites is 2. The summed E-state index contributed by atoms with van der Waals surface area (Å²) in [6.07, 6.45) is 1.71. The van der Waals surface area contributed by atoms with Gasteiger partial charge in [-0.1, -0.05) is 26.0 Å². The highest BCUT2D eigenvalue weighted by molar-refractivity contribution is 5.81. The molecule has 3 N–H and O–H groups in total. The third-order valence-electron chi connectivity index (χ3n) is 4.74. The Morgan fingerprint density at radius 1 is 1.41 bits per heavy atom. The van der Waals surface area contributed by atoms with Crippen molar-refractivity contribution in [2.75, 3.05) is 26.2 Å². The Balaban J connectivity index is 1.54. The summed E-state index contributed by atoms with van der Waals surface area (Å²) in [5, 5.41) is 6.76. The van der Waals surface area contributed by atoms with E-state index in [9.17, 15) is 4.79 Å². The van der Waals surface area contributed by atoms with Crippen LogP contribution in [0.3, 0.4) is 0 Å². The number of hydrogen-bond donors (Lipinski definition) is 3. The fraction of sp³-hybridized carbons (Fsp3) is 0.550. The summed E-state index contributed by atoms with van der Waals surface area (Å²) in [5.74, 6) is 2.03. The molecule has 3 rings (SSSR count). The summed E-state index contributed by atoms with van der Waals surface area (Å²) in [6, 6.07) is 8.29. The van der Waals surface area contributed by atoms with Gasteiger partial charge in [-0.15, -0.1) is 0 Å². The van der Waals surface area contributed by atoms with Crippen LogP contribution >= 0.6 is 0 Å². The number of benzene rings is 1. The molecule has 1 saturated heterocycles. The highest BCUT2D eigenvalue weighted by Crippen LogP contribution is 2.13. The smallest absolute Gasteiger partial charge is 0.225 e. The lowest BCUT2D eigenvalue weighted by Crippen LogP contribution is -2.45. The summed E-state index contributed by atoms with van der Waals surface area (Å²) in [7, 11) is 0. The van der Waals surface area contributed by atoms with Crippen LogP contribution in [0.1, 0.15) is 33.0 Å². The Morgan fingerprint density at radius 3 is 2.96 bits per heavy atom. The van der Waals surface area contributed by atoms with Crippen LogP contribution in [0.25, 0.3) is 11.0 Å². The number of imidazole rings is 1. The monoisotopic (exact) mass is 370 g/mol. The fourth-order valence-corrected chi connectivity index (χ4v) is 3.35. The minimum Gasteiger partial charge on any atom is -0.357 e. The van der Waals surface area contributed by atoms with Gasteiger partial charge in [0.1, 0.15) is 5.82 Å². The van der Waals surface area contributed by atoms with Gasteiger partial charge >= 0.3 is 0 Å². The van der Waals surface area contributed by atoms with Crippen molar-refractivity contribution in [2.24, 2.45) is 10.9 Å². The minimum absolute atomic E-state index is 0.0504. The number of fused-ring (bicyclic) bond motifs is 1. The molecule has 27 heavy (non-hydrogen) atoms. The van der Waals surface area contributed by atoms with Crippen LogP contribution in [0, 0.1) is 5.92 Å². The van der Waals surface area contributed by atoms with Crippen LogP contribution in [0.2, 0.25) is 0 Å². The second-order valence-corrected chi connectivity index (χ2v) is 7.28. The first-order valence-corrected chi connectivity index (χ1v) is 9.84. The van der Waals surface area contributed by atoms with E-state index in [4.69, 9.17) is 0 Å². The molecular formula is C20H30N6O. The van der Waals surface area contributed by atoms with E-state index in [1.165, 1.54) is 0 Å². The first-order valence-electron chi connectivity index (χ1n) is 9.84. The van der Waals surface area contributed by atoms with Gasteiger partial charge in [0.05, 0.1) is 11.0 Å². The largest absolute Gasteiger partial charge is 0.357 e. The summed E-state index contributed by atoms with van der Waals surface area (Å²) in [4.78, 5) is 26.7. The van der Waals surface area contributed by atoms with Crippen LogP contribution in [-0.4, -0.2) is 59.0 Å². The second-order valence-electron chi connectivity index (χ2n) is 7.28. The van der Waals surface area contributed by atoms with Crippen molar-refractivity contribution < 1.29 is 4.79 Å². The van der Waals surface area contributed by atoms with Gasteiger partial charge in [-0.3, -0.25) is 9.79 Å². The molecule has 1 aliphatic heterocycles. The molecule has 0 bridgehead atoms. The highest BCUT2D eigenvalue weighted by atomic mass is 16.2. The third-order valence-corrected chi connectivity index (χ3v) is 4.74. The molecule has 1 unspecified atom stereocenters. The van der Waals surface area contributed by atoms with Crippen molar-refractivity contribution >= 4 is 22.9 Å². The number of carbonyl (C=O) groups excluding carboxylic acids is 1. The van der Waals surface area contributed by atoms with Crippen molar-refractivity contribution in [1.29, 1.82) is 0 Å². The molecule has 1 aliphatic rings. The predicted molar refractivity (Wildman–Crippen MR) is 109 cm³/mol.